The lowest BCUT2D eigenvalue weighted by molar-refractivity contribution is 0.0524. The van der Waals surface area contributed by atoms with E-state index in [2.05, 4.69) is 53.6 Å². The third-order valence-electron chi connectivity index (χ3n) is 6.98. The highest BCUT2D eigenvalue weighted by Crippen LogP contribution is 2.30. The summed E-state index contributed by atoms with van der Waals surface area (Å²) in [5.74, 6) is 2.37. The quantitative estimate of drug-likeness (QED) is 0.787. The van der Waals surface area contributed by atoms with Crippen LogP contribution in [0, 0.1) is 17.8 Å². The summed E-state index contributed by atoms with van der Waals surface area (Å²) in [4.78, 5) is 2.63. The Kier molecular flexibility index (Phi) is 7.05. The van der Waals surface area contributed by atoms with Crippen LogP contribution in [0.2, 0.25) is 0 Å². The van der Waals surface area contributed by atoms with E-state index in [1.54, 1.807) is 0 Å². The van der Waals surface area contributed by atoms with Crippen LogP contribution in [0.25, 0.3) is 0 Å². The molecule has 5 atom stereocenters. The Hall–Kier alpha value is -0.940. The molecule has 3 fully saturated rings. The van der Waals surface area contributed by atoms with E-state index in [-0.39, 0.29) is 0 Å². The monoisotopic (exact) mass is 385 g/mol. The van der Waals surface area contributed by atoms with Crippen molar-refractivity contribution in [3.63, 3.8) is 0 Å². The van der Waals surface area contributed by atoms with Crippen molar-refractivity contribution in [2.75, 3.05) is 32.8 Å². The van der Waals surface area contributed by atoms with Gasteiger partial charge in [-0.3, -0.25) is 4.90 Å². The van der Waals surface area contributed by atoms with Crippen molar-refractivity contribution in [3.05, 3.63) is 35.4 Å². The predicted octanol–water partition coefficient (Wildman–Crippen LogP) is 3.41. The van der Waals surface area contributed by atoms with Crippen LogP contribution < -0.4 is 10.6 Å². The van der Waals surface area contributed by atoms with Gasteiger partial charge in [-0.05, 0) is 48.1 Å². The molecule has 0 spiro atoms. The van der Waals surface area contributed by atoms with Gasteiger partial charge < -0.3 is 15.4 Å². The molecular weight excluding hydrogens is 346 g/mol. The van der Waals surface area contributed by atoms with Crippen molar-refractivity contribution in [1.29, 1.82) is 0 Å². The van der Waals surface area contributed by atoms with Gasteiger partial charge in [-0.15, -0.1) is 0 Å². The van der Waals surface area contributed by atoms with Gasteiger partial charge in [-0.2, -0.15) is 0 Å². The molecule has 1 aromatic carbocycles. The van der Waals surface area contributed by atoms with E-state index in [9.17, 15) is 0 Å². The molecule has 0 bridgehead atoms. The fourth-order valence-corrected chi connectivity index (χ4v) is 5.78. The van der Waals surface area contributed by atoms with Crippen LogP contribution in [0.3, 0.4) is 0 Å². The minimum absolute atomic E-state index is 0.533. The number of benzene rings is 1. The first-order valence-electron chi connectivity index (χ1n) is 11.5. The van der Waals surface area contributed by atoms with Gasteiger partial charge in [0, 0.05) is 44.8 Å². The molecular formula is C24H39N3O. The zero-order valence-corrected chi connectivity index (χ0v) is 17.8. The molecule has 2 saturated heterocycles. The lowest BCUT2D eigenvalue weighted by atomic mass is 9.91. The Balaban J connectivity index is 1.26. The second-order valence-electron chi connectivity index (χ2n) is 9.67. The summed E-state index contributed by atoms with van der Waals surface area (Å²) in [6, 6.07) is 10.5. The van der Waals surface area contributed by atoms with E-state index in [4.69, 9.17) is 4.74 Å². The van der Waals surface area contributed by atoms with Gasteiger partial charge in [0.05, 0.1) is 13.2 Å². The second-order valence-corrected chi connectivity index (χ2v) is 9.67. The molecule has 0 amide bonds. The molecule has 4 rings (SSSR count). The van der Waals surface area contributed by atoms with Gasteiger partial charge in [0.1, 0.15) is 0 Å². The maximum absolute atomic E-state index is 5.70. The highest BCUT2D eigenvalue weighted by Gasteiger charge is 2.34. The maximum Gasteiger partial charge on any atom is 0.0623 e. The van der Waals surface area contributed by atoms with Gasteiger partial charge >= 0.3 is 0 Å². The average molecular weight is 386 g/mol. The molecule has 2 aliphatic heterocycles. The van der Waals surface area contributed by atoms with E-state index >= 15 is 0 Å². The second kappa shape index (κ2) is 9.71. The SMILES string of the molecule is CC1CC(C)CN(Cc2ccc(CNC3CCCC3C3COCCN3)cc2)C1. The summed E-state index contributed by atoms with van der Waals surface area (Å²) in [6.45, 7) is 12.1. The number of hydrogen-bond donors (Lipinski definition) is 2. The third kappa shape index (κ3) is 5.35. The molecule has 4 heteroatoms. The molecule has 156 valence electrons. The fourth-order valence-electron chi connectivity index (χ4n) is 5.78. The van der Waals surface area contributed by atoms with Crippen molar-refractivity contribution in [2.45, 2.75) is 64.7 Å². The zero-order chi connectivity index (χ0) is 19.3. The Bertz CT molecular complexity index is 588. The Labute approximate surface area is 171 Å². The van der Waals surface area contributed by atoms with Gasteiger partial charge in [0.25, 0.3) is 0 Å². The molecule has 0 radical (unpaired) electrons. The highest BCUT2D eigenvalue weighted by atomic mass is 16.5. The summed E-state index contributed by atoms with van der Waals surface area (Å²) in [7, 11) is 0. The smallest absolute Gasteiger partial charge is 0.0623 e. The summed E-state index contributed by atoms with van der Waals surface area (Å²) in [5, 5.41) is 7.52. The Morgan fingerprint density at radius 3 is 2.54 bits per heavy atom. The number of nitrogens with one attached hydrogen (secondary N) is 2. The van der Waals surface area contributed by atoms with Crippen molar-refractivity contribution in [1.82, 2.24) is 15.5 Å². The molecule has 28 heavy (non-hydrogen) atoms. The van der Waals surface area contributed by atoms with E-state index in [0.717, 1.165) is 44.7 Å². The zero-order valence-electron chi connectivity index (χ0n) is 17.8. The van der Waals surface area contributed by atoms with Gasteiger partial charge in [-0.1, -0.05) is 44.5 Å². The molecule has 1 aliphatic carbocycles. The van der Waals surface area contributed by atoms with E-state index in [1.807, 2.05) is 0 Å². The lowest BCUT2D eigenvalue weighted by Crippen LogP contribution is -2.50. The van der Waals surface area contributed by atoms with Crippen LogP contribution in [0.5, 0.6) is 0 Å². The summed E-state index contributed by atoms with van der Waals surface area (Å²) < 4.78 is 5.70. The highest BCUT2D eigenvalue weighted by molar-refractivity contribution is 5.22. The van der Waals surface area contributed by atoms with Crippen molar-refractivity contribution in [2.24, 2.45) is 17.8 Å². The standard InChI is InChI=1S/C24H39N3O/c1-18-12-19(2)15-27(14-18)16-21-8-6-20(7-9-21)13-26-23-5-3-4-22(23)24-17-28-11-10-25-24/h6-9,18-19,22-26H,3-5,10-17H2,1-2H3. The van der Waals surface area contributed by atoms with Gasteiger partial charge in [0.2, 0.25) is 0 Å². The number of nitrogens with zero attached hydrogens (tertiary/aromatic N) is 1. The largest absolute Gasteiger partial charge is 0.379 e. The number of hydrogen-bond acceptors (Lipinski definition) is 4. The van der Waals surface area contributed by atoms with Crippen molar-refractivity contribution in [3.8, 4) is 0 Å². The molecule has 1 saturated carbocycles. The van der Waals surface area contributed by atoms with Crippen LogP contribution in [0.4, 0.5) is 0 Å². The molecule has 3 aliphatic rings. The van der Waals surface area contributed by atoms with Gasteiger partial charge in [0.15, 0.2) is 0 Å². The first-order valence-corrected chi connectivity index (χ1v) is 11.5. The van der Waals surface area contributed by atoms with Crippen LogP contribution >= 0.6 is 0 Å². The van der Waals surface area contributed by atoms with Crippen LogP contribution in [0.15, 0.2) is 24.3 Å². The number of likely N-dealkylation sites (tertiary alicyclic amines) is 1. The molecule has 5 unspecified atom stereocenters. The first kappa shape index (κ1) is 20.3. The number of rotatable bonds is 6. The van der Waals surface area contributed by atoms with Crippen molar-refractivity contribution < 1.29 is 4.74 Å². The normalized spacial score (nSPS) is 34.6. The van der Waals surface area contributed by atoms with Crippen molar-refractivity contribution >= 4 is 0 Å². The molecule has 4 nitrogen and oxygen atoms in total. The number of piperidine rings is 1. The average Bonchev–Trinajstić information content (AvgIpc) is 3.16. The molecule has 2 heterocycles. The lowest BCUT2D eigenvalue weighted by Gasteiger charge is -2.35. The Morgan fingerprint density at radius 2 is 1.82 bits per heavy atom. The summed E-state index contributed by atoms with van der Waals surface area (Å²) >= 11 is 0. The van der Waals surface area contributed by atoms with E-state index < -0.39 is 0 Å². The first-order chi connectivity index (χ1) is 13.7. The fraction of sp³-hybridized carbons (Fsp3) is 0.750. The van der Waals surface area contributed by atoms with Gasteiger partial charge in [-0.25, -0.2) is 0 Å². The van der Waals surface area contributed by atoms with Crippen LogP contribution in [-0.4, -0.2) is 49.8 Å². The van der Waals surface area contributed by atoms with E-state index in [0.29, 0.717) is 18.0 Å². The predicted molar refractivity (Wildman–Crippen MR) is 115 cm³/mol. The minimum atomic E-state index is 0.533. The summed E-state index contributed by atoms with van der Waals surface area (Å²) in [6.07, 6.45) is 5.34. The molecule has 0 aromatic heterocycles. The third-order valence-corrected chi connectivity index (χ3v) is 6.98. The van der Waals surface area contributed by atoms with Crippen LogP contribution in [0.1, 0.15) is 50.7 Å². The number of ether oxygens (including phenoxy) is 1. The maximum atomic E-state index is 5.70. The topological polar surface area (TPSA) is 36.5 Å². The Morgan fingerprint density at radius 1 is 1.07 bits per heavy atom. The summed E-state index contributed by atoms with van der Waals surface area (Å²) in [5.41, 5.74) is 2.86. The molecule has 2 N–H and O–H groups in total. The van der Waals surface area contributed by atoms with Crippen LogP contribution in [-0.2, 0) is 17.8 Å². The minimum Gasteiger partial charge on any atom is -0.379 e. The van der Waals surface area contributed by atoms with E-state index in [1.165, 1.54) is 49.9 Å². The molecule has 1 aromatic rings. The number of morpholine rings is 1.